The summed E-state index contributed by atoms with van der Waals surface area (Å²) in [5.74, 6) is 0.267. The number of hydrogen-bond acceptors (Lipinski definition) is 3. The van der Waals surface area contributed by atoms with Crippen LogP contribution in [0.1, 0.15) is 39.0 Å². The summed E-state index contributed by atoms with van der Waals surface area (Å²) >= 11 is 0. The van der Waals surface area contributed by atoms with Crippen molar-refractivity contribution in [2.45, 2.75) is 45.1 Å². The van der Waals surface area contributed by atoms with Crippen molar-refractivity contribution in [3.63, 3.8) is 0 Å². The van der Waals surface area contributed by atoms with E-state index < -0.39 is 0 Å². The third-order valence-electron chi connectivity index (χ3n) is 4.11. The second-order valence-corrected chi connectivity index (χ2v) is 5.50. The molecule has 2 unspecified atom stereocenters. The van der Waals surface area contributed by atoms with Gasteiger partial charge in [0.2, 0.25) is 5.91 Å². The predicted octanol–water partition coefficient (Wildman–Crippen LogP) is 0.749. The van der Waals surface area contributed by atoms with E-state index in [-0.39, 0.29) is 17.4 Å². The molecule has 1 amide bonds. The zero-order valence-corrected chi connectivity index (χ0v) is 10.7. The second kappa shape index (κ2) is 5.36. The number of carbonyl (C=O) groups excluding carboxylic acids is 1. The number of hydrogen-bond donors (Lipinski definition) is 2. The van der Waals surface area contributed by atoms with Crippen LogP contribution in [0.5, 0.6) is 0 Å². The quantitative estimate of drug-likeness (QED) is 0.765. The molecule has 0 bridgehead atoms. The highest BCUT2D eigenvalue weighted by Crippen LogP contribution is 2.34. The highest BCUT2D eigenvalue weighted by atomic mass is 16.3. The number of amides is 1. The fraction of sp³-hybridized carbons (Fsp3) is 0.923. The van der Waals surface area contributed by atoms with E-state index in [2.05, 4.69) is 12.2 Å². The zero-order chi connectivity index (χ0) is 12.3. The van der Waals surface area contributed by atoms with Gasteiger partial charge in [0.05, 0.1) is 11.5 Å². The molecule has 2 atom stereocenters. The molecule has 2 rings (SSSR count). The molecule has 0 aliphatic carbocycles. The normalized spacial score (nSPS) is 34.0. The lowest BCUT2D eigenvalue weighted by Gasteiger charge is -2.37. The monoisotopic (exact) mass is 240 g/mol. The van der Waals surface area contributed by atoms with Gasteiger partial charge in [-0.25, -0.2) is 0 Å². The van der Waals surface area contributed by atoms with Crippen LogP contribution in [0.25, 0.3) is 0 Å². The van der Waals surface area contributed by atoms with Crippen LogP contribution < -0.4 is 5.32 Å². The van der Waals surface area contributed by atoms with Gasteiger partial charge in [0.15, 0.2) is 0 Å². The fourth-order valence-corrected chi connectivity index (χ4v) is 3.20. The van der Waals surface area contributed by atoms with Crippen molar-refractivity contribution < 1.29 is 9.90 Å². The Hall–Kier alpha value is -0.610. The number of aliphatic hydroxyl groups excluding tert-OH is 1. The molecule has 0 aromatic carbocycles. The number of carbonyl (C=O) groups is 1. The van der Waals surface area contributed by atoms with E-state index in [9.17, 15) is 9.90 Å². The molecule has 98 valence electrons. The molecule has 4 heteroatoms. The van der Waals surface area contributed by atoms with E-state index in [0.29, 0.717) is 6.54 Å². The number of nitrogens with zero attached hydrogens (tertiary/aromatic N) is 1. The molecule has 2 N–H and O–H groups in total. The number of rotatable bonds is 3. The standard InChI is InChI=1S/C13H24N2O2/c1-2-5-13(6-7-14-10-13)12(17)15-8-3-4-11(16)9-15/h11,14,16H,2-10H2,1H3. The first-order chi connectivity index (χ1) is 8.18. The number of piperidine rings is 1. The van der Waals surface area contributed by atoms with Crippen molar-refractivity contribution in [2.75, 3.05) is 26.2 Å². The van der Waals surface area contributed by atoms with Crippen molar-refractivity contribution in [1.82, 2.24) is 10.2 Å². The lowest BCUT2D eigenvalue weighted by atomic mass is 9.80. The number of nitrogens with one attached hydrogen (secondary N) is 1. The van der Waals surface area contributed by atoms with Gasteiger partial charge < -0.3 is 15.3 Å². The fourth-order valence-electron chi connectivity index (χ4n) is 3.20. The van der Waals surface area contributed by atoms with Gasteiger partial charge in [-0.15, -0.1) is 0 Å². The van der Waals surface area contributed by atoms with Crippen LogP contribution in [-0.2, 0) is 4.79 Å². The smallest absolute Gasteiger partial charge is 0.230 e. The topological polar surface area (TPSA) is 52.6 Å². The second-order valence-electron chi connectivity index (χ2n) is 5.50. The van der Waals surface area contributed by atoms with Gasteiger partial charge >= 0.3 is 0 Å². The summed E-state index contributed by atoms with van der Waals surface area (Å²) in [5.41, 5.74) is -0.189. The van der Waals surface area contributed by atoms with E-state index in [0.717, 1.165) is 51.7 Å². The molecule has 0 aromatic rings. The Labute approximate surface area is 103 Å². The minimum Gasteiger partial charge on any atom is -0.391 e. The lowest BCUT2D eigenvalue weighted by Crippen LogP contribution is -2.50. The maximum atomic E-state index is 12.6. The summed E-state index contributed by atoms with van der Waals surface area (Å²) in [7, 11) is 0. The SMILES string of the molecule is CCCC1(C(=O)N2CCCC(O)C2)CCNC1. The summed E-state index contributed by atoms with van der Waals surface area (Å²) in [6.07, 6.45) is 4.41. The van der Waals surface area contributed by atoms with Crippen LogP contribution in [-0.4, -0.2) is 48.2 Å². The molecule has 0 saturated carbocycles. The van der Waals surface area contributed by atoms with E-state index >= 15 is 0 Å². The molecule has 2 saturated heterocycles. The average molecular weight is 240 g/mol. The van der Waals surface area contributed by atoms with Gasteiger partial charge in [0, 0.05) is 19.6 Å². The summed E-state index contributed by atoms with van der Waals surface area (Å²) in [5, 5.41) is 13.0. The average Bonchev–Trinajstić information content (AvgIpc) is 2.78. The van der Waals surface area contributed by atoms with Gasteiger partial charge in [0.25, 0.3) is 0 Å². The van der Waals surface area contributed by atoms with E-state index in [1.807, 2.05) is 4.90 Å². The molecule has 2 fully saturated rings. The summed E-state index contributed by atoms with van der Waals surface area (Å²) in [4.78, 5) is 14.5. The van der Waals surface area contributed by atoms with Crippen LogP contribution in [0.15, 0.2) is 0 Å². The summed E-state index contributed by atoms with van der Waals surface area (Å²) in [6.45, 7) is 5.25. The maximum absolute atomic E-state index is 12.6. The molecular formula is C13H24N2O2. The highest BCUT2D eigenvalue weighted by Gasteiger charge is 2.43. The number of β-amino-alcohol motifs (C(OH)–C–C–N with tert-alkyl or cyclic N) is 1. The maximum Gasteiger partial charge on any atom is 0.230 e. The first kappa shape index (κ1) is 12.8. The molecule has 2 aliphatic rings. The molecule has 0 radical (unpaired) electrons. The van der Waals surface area contributed by atoms with Gasteiger partial charge in [0.1, 0.15) is 0 Å². The highest BCUT2D eigenvalue weighted by molar-refractivity contribution is 5.83. The number of likely N-dealkylation sites (tertiary alicyclic amines) is 1. The van der Waals surface area contributed by atoms with Crippen molar-refractivity contribution in [1.29, 1.82) is 0 Å². The molecule has 17 heavy (non-hydrogen) atoms. The van der Waals surface area contributed by atoms with Crippen molar-refractivity contribution in [3.8, 4) is 0 Å². The van der Waals surface area contributed by atoms with Crippen LogP contribution in [0.3, 0.4) is 0 Å². The zero-order valence-electron chi connectivity index (χ0n) is 10.7. The Morgan fingerprint density at radius 1 is 1.59 bits per heavy atom. The Morgan fingerprint density at radius 2 is 2.41 bits per heavy atom. The third-order valence-corrected chi connectivity index (χ3v) is 4.11. The van der Waals surface area contributed by atoms with Gasteiger partial charge in [-0.3, -0.25) is 4.79 Å². The van der Waals surface area contributed by atoms with E-state index in [4.69, 9.17) is 0 Å². The predicted molar refractivity (Wildman–Crippen MR) is 66.6 cm³/mol. The van der Waals surface area contributed by atoms with Crippen molar-refractivity contribution >= 4 is 5.91 Å². The van der Waals surface area contributed by atoms with Crippen LogP contribution in [0.2, 0.25) is 0 Å². The molecular weight excluding hydrogens is 216 g/mol. The Morgan fingerprint density at radius 3 is 3.00 bits per heavy atom. The molecule has 0 aromatic heterocycles. The molecule has 4 nitrogen and oxygen atoms in total. The largest absolute Gasteiger partial charge is 0.391 e. The summed E-state index contributed by atoms with van der Waals surface area (Å²) < 4.78 is 0. The van der Waals surface area contributed by atoms with Crippen LogP contribution >= 0.6 is 0 Å². The third kappa shape index (κ3) is 2.63. The van der Waals surface area contributed by atoms with E-state index in [1.54, 1.807) is 0 Å². The van der Waals surface area contributed by atoms with E-state index in [1.165, 1.54) is 0 Å². The Balaban J connectivity index is 2.05. The van der Waals surface area contributed by atoms with Crippen molar-refractivity contribution in [3.05, 3.63) is 0 Å². The molecule has 2 heterocycles. The minimum atomic E-state index is -0.319. The first-order valence-corrected chi connectivity index (χ1v) is 6.86. The lowest BCUT2D eigenvalue weighted by molar-refractivity contribution is -0.144. The van der Waals surface area contributed by atoms with Crippen LogP contribution in [0.4, 0.5) is 0 Å². The Kier molecular flexibility index (Phi) is 4.05. The molecule has 0 spiro atoms. The first-order valence-electron chi connectivity index (χ1n) is 6.86. The minimum absolute atomic E-state index is 0.189. The van der Waals surface area contributed by atoms with Gasteiger partial charge in [-0.05, 0) is 32.2 Å². The summed E-state index contributed by atoms with van der Waals surface area (Å²) in [6, 6.07) is 0. The number of aliphatic hydroxyl groups is 1. The van der Waals surface area contributed by atoms with Crippen molar-refractivity contribution in [2.24, 2.45) is 5.41 Å². The van der Waals surface area contributed by atoms with Gasteiger partial charge in [-0.1, -0.05) is 13.3 Å². The Bertz CT molecular complexity index is 275. The van der Waals surface area contributed by atoms with Crippen LogP contribution in [0, 0.1) is 5.41 Å². The van der Waals surface area contributed by atoms with Gasteiger partial charge in [-0.2, -0.15) is 0 Å². The molecule has 2 aliphatic heterocycles.